The Balaban J connectivity index is 1.76. The molecule has 0 amide bonds. The van der Waals surface area contributed by atoms with Gasteiger partial charge in [0.2, 0.25) is 0 Å². The third kappa shape index (κ3) is 2.43. The van der Waals surface area contributed by atoms with Crippen LogP contribution in [-0.2, 0) is 12.8 Å². The maximum Gasteiger partial charge on any atom is 0.101 e. The highest BCUT2D eigenvalue weighted by atomic mass is 35.5. The number of halogens is 1. The van der Waals surface area contributed by atoms with Gasteiger partial charge in [0.05, 0.1) is 10.6 Å². The van der Waals surface area contributed by atoms with Gasteiger partial charge in [0, 0.05) is 11.7 Å². The molecule has 19 heavy (non-hydrogen) atoms. The van der Waals surface area contributed by atoms with Gasteiger partial charge in [0.1, 0.15) is 6.07 Å². The first-order valence-corrected chi connectivity index (χ1v) is 6.67. The Hall–Kier alpha value is -1.98. The highest BCUT2D eigenvalue weighted by molar-refractivity contribution is 6.31. The van der Waals surface area contributed by atoms with Gasteiger partial charge >= 0.3 is 0 Å². The first kappa shape index (κ1) is 12.1. The molecule has 0 aliphatic heterocycles. The van der Waals surface area contributed by atoms with Crippen LogP contribution in [0.25, 0.3) is 0 Å². The van der Waals surface area contributed by atoms with Gasteiger partial charge in [0.15, 0.2) is 0 Å². The van der Waals surface area contributed by atoms with Crippen molar-refractivity contribution in [1.29, 1.82) is 5.26 Å². The van der Waals surface area contributed by atoms with E-state index >= 15 is 0 Å². The van der Waals surface area contributed by atoms with Gasteiger partial charge < -0.3 is 5.32 Å². The summed E-state index contributed by atoms with van der Waals surface area (Å²) in [5.74, 6) is 0. The van der Waals surface area contributed by atoms with Crippen LogP contribution in [0, 0.1) is 11.3 Å². The Labute approximate surface area is 117 Å². The number of anilines is 1. The summed E-state index contributed by atoms with van der Waals surface area (Å²) in [4.78, 5) is 0. The molecule has 1 N–H and O–H groups in total. The highest BCUT2D eigenvalue weighted by Gasteiger charge is 2.20. The Kier molecular flexibility index (Phi) is 3.15. The molecule has 0 fully saturated rings. The van der Waals surface area contributed by atoms with Crippen LogP contribution in [0.4, 0.5) is 5.69 Å². The predicted molar refractivity (Wildman–Crippen MR) is 77.4 cm³/mol. The van der Waals surface area contributed by atoms with E-state index in [2.05, 4.69) is 35.7 Å². The van der Waals surface area contributed by atoms with Gasteiger partial charge in [-0.2, -0.15) is 5.26 Å². The van der Waals surface area contributed by atoms with E-state index in [4.69, 9.17) is 16.9 Å². The zero-order valence-electron chi connectivity index (χ0n) is 10.4. The number of nitrogens with one attached hydrogen (secondary N) is 1. The van der Waals surface area contributed by atoms with Gasteiger partial charge in [-0.3, -0.25) is 0 Å². The number of hydrogen-bond acceptors (Lipinski definition) is 2. The topological polar surface area (TPSA) is 35.8 Å². The first-order valence-electron chi connectivity index (χ1n) is 6.29. The maximum absolute atomic E-state index is 8.98. The molecule has 2 nitrogen and oxygen atoms in total. The molecular weight excluding hydrogens is 256 g/mol. The smallest absolute Gasteiger partial charge is 0.101 e. The van der Waals surface area contributed by atoms with Crippen LogP contribution in [0.3, 0.4) is 0 Å². The molecule has 3 heteroatoms. The van der Waals surface area contributed by atoms with Crippen LogP contribution < -0.4 is 5.32 Å². The molecule has 94 valence electrons. The summed E-state index contributed by atoms with van der Waals surface area (Å²) < 4.78 is 0. The van der Waals surface area contributed by atoms with E-state index in [-0.39, 0.29) is 0 Å². The summed E-state index contributed by atoms with van der Waals surface area (Å²) in [6.07, 6.45) is 2.06. The summed E-state index contributed by atoms with van der Waals surface area (Å²) >= 11 is 5.94. The van der Waals surface area contributed by atoms with Crippen molar-refractivity contribution < 1.29 is 0 Å². The number of fused-ring (bicyclic) bond motifs is 1. The molecule has 0 saturated carbocycles. The minimum Gasteiger partial charge on any atom is -0.382 e. The summed E-state index contributed by atoms with van der Waals surface area (Å²) in [5.41, 5.74) is 4.30. The molecule has 0 bridgehead atoms. The van der Waals surface area contributed by atoms with Crippen LogP contribution in [0.1, 0.15) is 16.7 Å². The minimum absolute atomic E-state index is 0.394. The molecule has 3 rings (SSSR count). The van der Waals surface area contributed by atoms with Crippen molar-refractivity contribution in [2.75, 3.05) is 5.32 Å². The van der Waals surface area contributed by atoms with Gasteiger partial charge in [-0.25, -0.2) is 0 Å². The van der Waals surface area contributed by atoms with Crippen molar-refractivity contribution >= 4 is 17.3 Å². The standard InChI is InChI=1S/C16H13ClN2/c17-16-6-5-14(9-13(16)10-18)19-15-7-11-3-1-2-4-12(11)8-15/h1-6,9,15,19H,7-8H2. The lowest BCUT2D eigenvalue weighted by Gasteiger charge is -2.14. The number of nitrogens with zero attached hydrogens (tertiary/aromatic N) is 1. The Morgan fingerprint density at radius 2 is 1.79 bits per heavy atom. The lowest BCUT2D eigenvalue weighted by Crippen LogP contribution is -2.19. The molecule has 0 unspecified atom stereocenters. The SMILES string of the molecule is N#Cc1cc(NC2Cc3ccccc3C2)ccc1Cl. The predicted octanol–water partition coefficient (Wildman–Crippen LogP) is 3.79. The first-order chi connectivity index (χ1) is 9.26. The average Bonchev–Trinajstić information content (AvgIpc) is 2.83. The van der Waals surface area contributed by atoms with Crippen LogP contribution in [0.2, 0.25) is 5.02 Å². The molecular formula is C16H13ClN2. The summed E-state index contributed by atoms with van der Waals surface area (Å²) in [6.45, 7) is 0. The Bertz CT molecular complexity index is 633. The lowest BCUT2D eigenvalue weighted by molar-refractivity contribution is 0.774. The fourth-order valence-electron chi connectivity index (χ4n) is 2.60. The van der Waals surface area contributed by atoms with Gasteiger partial charge in [-0.15, -0.1) is 0 Å². The number of nitriles is 1. The molecule has 1 aliphatic rings. The average molecular weight is 269 g/mol. The van der Waals surface area contributed by atoms with Crippen molar-refractivity contribution in [2.45, 2.75) is 18.9 Å². The molecule has 1 aliphatic carbocycles. The zero-order valence-corrected chi connectivity index (χ0v) is 11.1. The summed E-state index contributed by atoms with van der Waals surface area (Å²) in [7, 11) is 0. The monoisotopic (exact) mass is 268 g/mol. The lowest BCUT2D eigenvalue weighted by atomic mass is 10.1. The largest absolute Gasteiger partial charge is 0.382 e. The fraction of sp³-hybridized carbons (Fsp3) is 0.188. The van der Waals surface area contributed by atoms with Crippen molar-refractivity contribution in [3.8, 4) is 6.07 Å². The zero-order chi connectivity index (χ0) is 13.2. The quantitative estimate of drug-likeness (QED) is 0.899. The molecule has 0 spiro atoms. The second-order valence-electron chi connectivity index (χ2n) is 4.82. The molecule has 0 aromatic heterocycles. The second kappa shape index (κ2) is 4.95. The van der Waals surface area contributed by atoms with E-state index < -0.39 is 0 Å². The van der Waals surface area contributed by atoms with Crippen molar-refractivity contribution in [3.63, 3.8) is 0 Å². The van der Waals surface area contributed by atoms with Gasteiger partial charge in [-0.05, 0) is 42.2 Å². The van der Waals surface area contributed by atoms with Crippen LogP contribution in [0.15, 0.2) is 42.5 Å². The molecule has 0 heterocycles. The highest BCUT2D eigenvalue weighted by Crippen LogP contribution is 2.26. The number of rotatable bonds is 2. The molecule has 0 radical (unpaired) electrons. The Morgan fingerprint density at radius 1 is 1.11 bits per heavy atom. The minimum atomic E-state index is 0.394. The second-order valence-corrected chi connectivity index (χ2v) is 5.23. The van der Waals surface area contributed by atoms with Crippen molar-refractivity contribution in [2.24, 2.45) is 0 Å². The van der Waals surface area contributed by atoms with Crippen molar-refractivity contribution in [1.82, 2.24) is 0 Å². The van der Waals surface area contributed by atoms with Crippen LogP contribution >= 0.6 is 11.6 Å². The third-order valence-electron chi connectivity index (χ3n) is 3.51. The van der Waals surface area contributed by atoms with Gasteiger partial charge in [0.25, 0.3) is 0 Å². The van der Waals surface area contributed by atoms with E-state index in [1.54, 1.807) is 6.07 Å². The third-order valence-corrected chi connectivity index (χ3v) is 3.84. The molecule has 0 saturated heterocycles. The molecule has 2 aromatic carbocycles. The van der Waals surface area contributed by atoms with Crippen LogP contribution in [0.5, 0.6) is 0 Å². The van der Waals surface area contributed by atoms with E-state index in [1.807, 2.05) is 12.1 Å². The summed E-state index contributed by atoms with van der Waals surface area (Å²) in [5, 5.41) is 13.0. The van der Waals surface area contributed by atoms with E-state index in [0.717, 1.165) is 18.5 Å². The van der Waals surface area contributed by atoms with Crippen molar-refractivity contribution in [3.05, 3.63) is 64.2 Å². The maximum atomic E-state index is 8.98. The molecule has 2 aromatic rings. The molecule has 0 atom stereocenters. The van der Waals surface area contributed by atoms with E-state index in [9.17, 15) is 0 Å². The van der Waals surface area contributed by atoms with E-state index in [1.165, 1.54) is 11.1 Å². The van der Waals surface area contributed by atoms with E-state index in [0.29, 0.717) is 16.6 Å². The summed E-state index contributed by atoms with van der Waals surface area (Å²) in [6, 6.07) is 16.5. The Morgan fingerprint density at radius 3 is 2.42 bits per heavy atom. The number of hydrogen-bond donors (Lipinski definition) is 1. The van der Waals surface area contributed by atoms with Gasteiger partial charge in [-0.1, -0.05) is 35.9 Å². The number of benzene rings is 2. The van der Waals surface area contributed by atoms with Crippen LogP contribution in [-0.4, -0.2) is 6.04 Å². The fourth-order valence-corrected chi connectivity index (χ4v) is 2.76. The normalized spacial score (nSPS) is 13.9.